The van der Waals surface area contributed by atoms with Crippen LogP contribution >= 0.6 is 0 Å². The third-order valence-corrected chi connectivity index (χ3v) is 3.24. The summed E-state index contributed by atoms with van der Waals surface area (Å²) in [5, 5.41) is 0. The molecule has 0 unspecified atom stereocenters. The quantitative estimate of drug-likeness (QED) is 0.666. The van der Waals surface area contributed by atoms with Crippen molar-refractivity contribution in [3.05, 3.63) is 0 Å². The molecule has 2 heteroatoms. The van der Waals surface area contributed by atoms with E-state index in [2.05, 4.69) is 44.5 Å². The molecule has 2 nitrogen and oxygen atoms in total. The normalized spacial score (nSPS) is 19.2. The van der Waals surface area contributed by atoms with Crippen molar-refractivity contribution >= 4 is 0 Å². The van der Waals surface area contributed by atoms with Crippen molar-refractivity contribution in [3.63, 3.8) is 0 Å². The summed E-state index contributed by atoms with van der Waals surface area (Å²) in [6.07, 6.45) is 1.35. The van der Waals surface area contributed by atoms with Crippen LogP contribution in [0.5, 0.6) is 0 Å². The lowest BCUT2D eigenvalue weighted by molar-refractivity contribution is 0.0406. The molecule has 0 atom stereocenters. The molecule has 0 amide bonds. The van der Waals surface area contributed by atoms with Gasteiger partial charge >= 0.3 is 0 Å². The second-order valence-corrected chi connectivity index (χ2v) is 5.93. The summed E-state index contributed by atoms with van der Waals surface area (Å²) in [6.45, 7) is 14.3. The van der Waals surface area contributed by atoms with Crippen LogP contribution in [0.25, 0.3) is 0 Å². The van der Waals surface area contributed by atoms with Crippen molar-refractivity contribution in [1.82, 2.24) is 9.80 Å². The first-order valence-corrected chi connectivity index (χ1v) is 6.41. The Hall–Kier alpha value is -0.0800. The van der Waals surface area contributed by atoms with Gasteiger partial charge in [-0.05, 0) is 31.8 Å². The summed E-state index contributed by atoms with van der Waals surface area (Å²) in [5.41, 5.74) is 0. The van der Waals surface area contributed by atoms with Gasteiger partial charge in [0, 0.05) is 25.7 Å². The molecule has 0 N–H and O–H groups in total. The van der Waals surface area contributed by atoms with Gasteiger partial charge in [0.05, 0.1) is 0 Å². The van der Waals surface area contributed by atoms with Crippen molar-refractivity contribution in [2.24, 2.45) is 11.8 Å². The van der Waals surface area contributed by atoms with E-state index in [1.54, 1.807) is 0 Å². The topological polar surface area (TPSA) is 6.48 Å². The van der Waals surface area contributed by atoms with Gasteiger partial charge in [0.1, 0.15) is 0 Å². The number of nitrogens with zero attached hydrogens (tertiary/aromatic N) is 2. The molecule has 0 aromatic heterocycles. The van der Waals surface area contributed by atoms with Gasteiger partial charge in [-0.25, -0.2) is 0 Å². The van der Waals surface area contributed by atoms with Crippen LogP contribution in [0.1, 0.15) is 34.1 Å². The van der Waals surface area contributed by atoms with Gasteiger partial charge in [-0.1, -0.05) is 27.7 Å². The molecule has 0 aromatic rings. The zero-order valence-corrected chi connectivity index (χ0v) is 11.2. The molecule has 0 bridgehead atoms. The maximum Gasteiger partial charge on any atom is 0.0347 e. The highest BCUT2D eigenvalue weighted by molar-refractivity contribution is 4.86. The van der Waals surface area contributed by atoms with E-state index in [0.717, 1.165) is 17.9 Å². The Morgan fingerprint density at radius 2 is 1.73 bits per heavy atom. The van der Waals surface area contributed by atoms with E-state index in [9.17, 15) is 0 Å². The lowest BCUT2D eigenvalue weighted by atomic mass is 10.0. The van der Waals surface area contributed by atoms with Gasteiger partial charge < -0.3 is 9.80 Å². The SMILES string of the molecule is CC(C)CCN1CC(N(C)CC(C)C)C1. The lowest BCUT2D eigenvalue weighted by Crippen LogP contribution is -2.58. The Morgan fingerprint density at radius 3 is 2.20 bits per heavy atom. The fourth-order valence-corrected chi connectivity index (χ4v) is 2.17. The van der Waals surface area contributed by atoms with E-state index >= 15 is 0 Å². The second kappa shape index (κ2) is 5.86. The first-order chi connectivity index (χ1) is 6.99. The Balaban J connectivity index is 2.09. The van der Waals surface area contributed by atoms with Gasteiger partial charge in [0.2, 0.25) is 0 Å². The predicted molar refractivity (Wildman–Crippen MR) is 67.2 cm³/mol. The number of rotatable bonds is 6. The average Bonchev–Trinajstić information content (AvgIpc) is 1.98. The molecular weight excluding hydrogens is 184 g/mol. The van der Waals surface area contributed by atoms with Gasteiger partial charge in [0.25, 0.3) is 0 Å². The maximum atomic E-state index is 2.58. The van der Waals surface area contributed by atoms with Crippen molar-refractivity contribution in [1.29, 1.82) is 0 Å². The van der Waals surface area contributed by atoms with Crippen molar-refractivity contribution < 1.29 is 0 Å². The lowest BCUT2D eigenvalue weighted by Gasteiger charge is -2.45. The average molecular weight is 212 g/mol. The van der Waals surface area contributed by atoms with E-state index < -0.39 is 0 Å². The fourth-order valence-electron chi connectivity index (χ4n) is 2.17. The number of likely N-dealkylation sites (tertiary alicyclic amines) is 1. The molecule has 1 heterocycles. The van der Waals surface area contributed by atoms with Gasteiger partial charge in [-0.15, -0.1) is 0 Å². The minimum absolute atomic E-state index is 0.791. The largest absolute Gasteiger partial charge is 0.301 e. The van der Waals surface area contributed by atoms with Crippen LogP contribution in [0.4, 0.5) is 0 Å². The summed E-state index contributed by atoms with van der Waals surface area (Å²) >= 11 is 0. The molecule has 1 fully saturated rings. The molecule has 0 aromatic carbocycles. The first-order valence-electron chi connectivity index (χ1n) is 6.41. The van der Waals surface area contributed by atoms with Crippen LogP contribution in [0.2, 0.25) is 0 Å². The zero-order valence-electron chi connectivity index (χ0n) is 11.2. The van der Waals surface area contributed by atoms with Crippen LogP contribution in [-0.4, -0.2) is 49.1 Å². The molecule has 15 heavy (non-hydrogen) atoms. The van der Waals surface area contributed by atoms with E-state index in [-0.39, 0.29) is 0 Å². The molecule has 0 saturated carbocycles. The molecule has 0 radical (unpaired) electrons. The molecule has 1 saturated heterocycles. The molecule has 0 spiro atoms. The van der Waals surface area contributed by atoms with Gasteiger partial charge in [-0.3, -0.25) is 0 Å². The van der Waals surface area contributed by atoms with Crippen LogP contribution in [0.15, 0.2) is 0 Å². The summed E-state index contributed by atoms with van der Waals surface area (Å²) in [7, 11) is 2.27. The Bertz CT molecular complexity index is 171. The van der Waals surface area contributed by atoms with Crippen molar-refractivity contribution in [3.8, 4) is 0 Å². The fraction of sp³-hybridized carbons (Fsp3) is 1.00. The molecule has 1 rings (SSSR count). The zero-order chi connectivity index (χ0) is 11.4. The van der Waals surface area contributed by atoms with Gasteiger partial charge in [0.15, 0.2) is 0 Å². The molecule has 1 aliphatic rings. The maximum absolute atomic E-state index is 2.58. The second-order valence-electron chi connectivity index (χ2n) is 5.93. The molecular formula is C13H28N2. The molecule has 90 valence electrons. The highest BCUT2D eigenvalue weighted by Crippen LogP contribution is 2.16. The standard InChI is InChI=1S/C13H28N2/c1-11(2)6-7-15-9-13(10-15)14(5)8-12(3)4/h11-13H,6-10H2,1-5H3. The smallest absolute Gasteiger partial charge is 0.0347 e. The minimum Gasteiger partial charge on any atom is -0.301 e. The van der Waals surface area contributed by atoms with E-state index in [0.29, 0.717) is 0 Å². The van der Waals surface area contributed by atoms with E-state index in [4.69, 9.17) is 0 Å². The van der Waals surface area contributed by atoms with Crippen LogP contribution in [0, 0.1) is 11.8 Å². The first kappa shape index (κ1) is 13.0. The van der Waals surface area contributed by atoms with Crippen LogP contribution in [-0.2, 0) is 0 Å². The van der Waals surface area contributed by atoms with Crippen molar-refractivity contribution in [2.45, 2.75) is 40.2 Å². The number of hydrogen-bond donors (Lipinski definition) is 0. The summed E-state index contributed by atoms with van der Waals surface area (Å²) in [6, 6.07) is 0.819. The Morgan fingerprint density at radius 1 is 1.13 bits per heavy atom. The third-order valence-electron chi connectivity index (χ3n) is 3.24. The Kier molecular flexibility index (Phi) is 5.07. The van der Waals surface area contributed by atoms with Crippen molar-refractivity contribution in [2.75, 3.05) is 33.2 Å². The summed E-state index contributed by atoms with van der Waals surface area (Å²) in [5.74, 6) is 1.64. The van der Waals surface area contributed by atoms with Crippen LogP contribution in [0.3, 0.4) is 0 Å². The Labute approximate surface area is 95.6 Å². The number of likely N-dealkylation sites (N-methyl/N-ethyl adjacent to an activating group) is 1. The summed E-state index contributed by atoms with van der Waals surface area (Å²) in [4.78, 5) is 5.11. The molecule has 0 aliphatic carbocycles. The molecule has 1 aliphatic heterocycles. The minimum atomic E-state index is 0.791. The van der Waals surface area contributed by atoms with E-state index in [1.165, 1.54) is 32.6 Å². The van der Waals surface area contributed by atoms with Gasteiger partial charge in [-0.2, -0.15) is 0 Å². The summed E-state index contributed by atoms with van der Waals surface area (Å²) < 4.78 is 0. The predicted octanol–water partition coefficient (Wildman–Crippen LogP) is 2.30. The van der Waals surface area contributed by atoms with Crippen LogP contribution < -0.4 is 0 Å². The highest BCUT2D eigenvalue weighted by atomic mass is 15.3. The highest BCUT2D eigenvalue weighted by Gasteiger charge is 2.29. The third kappa shape index (κ3) is 4.52. The monoisotopic (exact) mass is 212 g/mol. The van der Waals surface area contributed by atoms with E-state index in [1.807, 2.05) is 0 Å². The number of hydrogen-bond acceptors (Lipinski definition) is 2.